The summed E-state index contributed by atoms with van der Waals surface area (Å²) in [5, 5.41) is 2.51. The van der Waals surface area contributed by atoms with Crippen LogP contribution in [0.25, 0.3) is 0 Å². The molecule has 9 heteroatoms. The molecule has 8 nitrogen and oxygen atoms in total. The number of amides is 3. The second-order valence-electron chi connectivity index (χ2n) is 7.59. The lowest BCUT2D eigenvalue weighted by Crippen LogP contribution is -2.39. The molecule has 0 radical (unpaired) electrons. The summed E-state index contributed by atoms with van der Waals surface area (Å²) < 4.78 is 25.2. The number of carbonyl (C=O) groups is 3. The molecule has 32 heavy (non-hydrogen) atoms. The third-order valence-corrected chi connectivity index (χ3v) is 5.54. The summed E-state index contributed by atoms with van der Waals surface area (Å²) in [5.41, 5.74) is 1.38. The Hall–Kier alpha value is -3.46. The lowest BCUT2D eigenvalue weighted by molar-refractivity contribution is 0.0491. The van der Waals surface area contributed by atoms with Crippen LogP contribution in [-0.4, -0.2) is 61.8 Å². The maximum Gasteiger partial charge on any atom is 0.411 e. The summed E-state index contributed by atoms with van der Waals surface area (Å²) in [6, 6.07) is 11.0. The minimum Gasteiger partial charge on any atom is -0.444 e. The highest BCUT2D eigenvalue weighted by molar-refractivity contribution is 6.21. The molecule has 4 rings (SSSR count). The van der Waals surface area contributed by atoms with Crippen molar-refractivity contribution in [2.45, 2.75) is 19.4 Å². The van der Waals surface area contributed by atoms with Gasteiger partial charge in [-0.15, -0.1) is 0 Å². The maximum absolute atomic E-state index is 14.5. The van der Waals surface area contributed by atoms with E-state index in [1.54, 1.807) is 43.3 Å². The number of rotatable bonds is 6. The average molecular weight is 441 g/mol. The van der Waals surface area contributed by atoms with Crippen molar-refractivity contribution in [3.05, 3.63) is 59.4 Å². The first kappa shape index (κ1) is 21.8. The Morgan fingerprint density at radius 1 is 1.12 bits per heavy atom. The van der Waals surface area contributed by atoms with Crippen LogP contribution in [0.15, 0.2) is 42.5 Å². The van der Waals surface area contributed by atoms with Gasteiger partial charge in [-0.2, -0.15) is 0 Å². The molecule has 0 bridgehead atoms. The number of halogens is 1. The highest BCUT2D eigenvalue weighted by Crippen LogP contribution is 2.25. The molecule has 2 aliphatic rings. The third kappa shape index (κ3) is 4.43. The van der Waals surface area contributed by atoms with Crippen LogP contribution in [0.5, 0.6) is 0 Å². The van der Waals surface area contributed by atoms with Crippen molar-refractivity contribution < 1.29 is 28.2 Å². The van der Waals surface area contributed by atoms with Crippen molar-refractivity contribution in [2.24, 2.45) is 0 Å². The molecule has 168 valence electrons. The molecular weight excluding hydrogens is 417 g/mol. The minimum atomic E-state index is -0.785. The van der Waals surface area contributed by atoms with Crippen LogP contribution < -0.4 is 10.2 Å². The second-order valence-corrected chi connectivity index (χ2v) is 7.59. The molecular formula is C23H24FN3O5. The molecule has 0 unspecified atom stereocenters. The third-order valence-electron chi connectivity index (χ3n) is 5.54. The monoisotopic (exact) mass is 441 g/mol. The largest absolute Gasteiger partial charge is 0.444 e. The number of morpholine rings is 1. The quantitative estimate of drug-likeness (QED) is 0.693. The fourth-order valence-electron chi connectivity index (χ4n) is 3.80. The molecule has 1 saturated heterocycles. The van der Waals surface area contributed by atoms with Gasteiger partial charge in [0.15, 0.2) is 0 Å². The predicted octanol–water partition coefficient (Wildman–Crippen LogP) is 3.29. The van der Waals surface area contributed by atoms with E-state index in [4.69, 9.17) is 9.47 Å². The summed E-state index contributed by atoms with van der Waals surface area (Å²) in [7, 11) is 0. The van der Waals surface area contributed by atoms with Gasteiger partial charge in [-0.05, 0) is 36.8 Å². The smallest absolute Gasteiger partial charge is 0.411 e. The minimum absolute atomic E-state index is 0.0550. The zero-order valence-corrected chi connectivity index (χ0v) is 17.7. The van der Waals surface area contributed by atoms with Gasteiger partial charge in [0.25, 0.3) is 11.8 Å². The molecule has 1 atom stereocenters. The van der Waals surface area contributed by atoms with Crippen molar-refractivity contribution >= 4 is 29.3 Å². The van der Waals surface area contributed by atoms with Crippen molar-refractivity contribution in [2.75, 3.05) is 43.1 Å². The van der Waals surface area contributed by atoms with E-state index in [2.05, 4.69) is 5.32 Å². The van der Waals surface area contributed by atoms with Gasteiger partial charge < -0.3 is 14.4 Å². The second kappa shape index (κ2) is 9.35. The highest BCUT2D eigenvalue weighted by Gasteiger charge is 2.36. The SMILES string of the molecule is CC[C@H](CN1C(=O)c2ccccc2C1=O)OC(=O)Nc1ccc(N2CCOCC2)c(F)c1. The standard InChI is InChI=1S/C23H24FN3O5/c1-2-16(14-27-21(28)17-5-3-4-6-18(17)22(27)29)32-23(30)25-15-7-8-20(19(24)13-15)26-9-11-31-12-10-26/h3-8,13,16H,2,9-12,14H2,1H3,(H,25,30)/t16-/m1/s1. The molecule has 0 aromatic heterocycles. The van der Waals surface area contributed by atoms with E-state index in [1.165, 1.54) is 6.07 Å². The number of nitrogens with zero attached hydrogens (tertiary/aromatic N) is 2. The van der Waals surface area contributed by atoms with Gasteiger partial charge in [0.05, 0.1) is 36.6 Å². The number of benzene rings is 2. The fraction of sp³-hybridized carbons (Fsp3) is 0.348. The van der Waals surface area contributed by atoms with Crippen molar-refractivity contribution in [1.29, 1.82) is 0 Å². The van der Waals surface area contributed by atoms with E-state index in [1.807, 2.05) is 4.90 Å². The summed E-state index contributed by atoms with van der Waals surface area (Å²) in [6.07, 6.45) is -1.09. The zero-order valence-electron chi connectivity index (χ0n) is 17.7. The Kier molecular flexibility index (Phi) is 6.36. The molecule has 0 saturated carbocycles. The fourth-order valence-corrected chi connectivity index (χ4v) is 3.80. The van der Waals surface area contributed by atoms with E-state index in [0.29, 0.717) is 49.5 Å². The number of carbonyl (C=O) groups excluding carboxylic acids is 3. The van der Waals surface area contributed by atoms with Gasteiger partial charge in [-0.25, -0.2) is 9.18 Å². The Labute approximate surface area is 184 Å². The molecule has 0 aliphatic carbocycles. The van der Waals surface area contributed by atoms with Crippen molar-refractivity contribution in [3.8, 4) is 0 Å². The topological polar surface area (TPSA) is 88.2 Å². The number of imide groups is 1. The van der Waals surface area contributed by atoms with E-state index in [-0.39, 0.29) is 12.2 Å². The van der Waals surface area contributed by atoms with Crippen LogP contribution in [0.4, 0.5) is 20.6 Å². The number of ether oxygens (including phenoxy) is 2. The van der Waals surface area contributed by atoms with E-state index in [0.717, 1.165) is 4.90 Å². The van der Waals surface area contributed by atoms with E-state index >= 15 is 0 Å². The van der Waals surface area contributed by atoms with E-state index in [9.17, 15) is 18.8 Å². The average Bonchev–Trinajstić information content (AvgIpc) is 3.04. The van der Waals surface area contributed by atoms with Crippen LogP contribution in [0.2, 0.25) is 0 Å². The lowest BCUT2D eigenvalue weighted by atomic mass is 10.1. The molecule has 2 aromatic rings. The van der Waals surface area contributed by atoms with Crippen LogP contribution in [0.3, 0.4) is 0 Å². The normalized spacial score (nSPS) is 16.7. The molecule has 3 amide bonds. The van der Waals surface area contributed by atoms with Crippen LogP contribution in [0.1, 0.15) is 34.1 Å². The van der Waals surface area contributed by atoms with Crippen molar-refractivity contribution in [3.63, 3.8) is 0 Å². The van der Waals surface area contributed by atoms with Crippen LogP contribution in [0, 0.1) is 5.82 Å². The van der Waals surface area contributed by atoms with Gasteiger partial charge in [-0.3, -0.25) is 19.8 Å². The summed E-state index contributed by atoms with van der Waals surface area (Å²) in [5.74, 6) is -1.27. The molecule has 2 heterocycles. The number of nitrogens with one attached hydrogen (secondary N) is 1. The summed E-state index contributed by atoms with van der Waals surface area (Å²) >= 11 is 0. The summed E-state index contributed by atoms with van der Waals surface area (Å²) in [4.78, 5) is 40.4. The van der Waals surface area contributed by atoms with Crippen LogP contribution in [-0.2, 0) is 9.47 Å². The first-order valence-corrected chi connectivity index (χ1v) is 10.5. The predicted molar refractivity (Wildman–Crippen MR) is 115 cm³/mol. The first-order chi connectivity index (χ1) is 15.5. The zero-order chi connectivity index (χ0) is 22.7. The van der Waals surface area contributed by atoms with Gasteiger partial charge in [-0.1, -0.05) is 19.1 Å². The Morgan fingerprint density at radius 2 is 1.78 bits per heavy atom. The maximum atomic E-state index is 14.5. The Bertz CT molecular complexity index is 1000. The Morgan fingerprint density at radius 3 is 2.38 bits per heavy atom. The molecule has 0 spiro atoms. The molecule has 1 fully saturated rings. The number of hydrogen-bond acceptors (Lipinski definition) is 6. The lowest BCUT2D eigenvalue weighted by Gasteiger charge is -2.29. The van der Waals surface area contributed by atoms with Gasteiger partial charge >= 0.3 is 6.09 Å². The molecule has 2 aromatic carbocycles. The summed E-state index contributed by atoms with van der Waals surface area (Å²) in [6.45, 7) is 4.01. The van der Waals surface area contributed by atoms with E-state index < -0.39 is 29.8 Å². The highest BCUT2D eigenvalue weighted by atomic mass is 19.1. The van der Waals surface area contributed by atoms with Gasteiger partial charge in [0.1, 0.15) is 11.9 Å². The number of hydrogen-bond donors (Lipinski definition) is 1. The van der Waals surface area contributed by atoms with Crippen LogP contribution >= 0.6 is 0 Å². The molecule has 1 N–H and O–H groups in total. The number of anilines is 2. The van der Waals surface area contributed by atoms with Gasteiger partial charge in [0, 0.05) is 18.8 Å². The Balaban J connectivity index is 1.36. The first-order valence-electron chi connectivity index (χ1n) is 10.5. The van der Waals surface area contributed by atoms with Crippen molar-refractivity contribution in [1.82, 2.24) is 4.90 Å². The van der Waals surface area contributed by atoms with Gasteiger partial charge in [0.2, 0.25) is 0 Å². The number of fused-ring (bicyclic) bond motifs is 1. The molecule has 2 aliphatic heterocycles.